The summed E-state index contributed by atoms with van der Waals surface area (Å²) in [6, 6.07) is 0.0781. The number of amides is 1. The molecule has 0 heterocycles. The van der Waals surface area contributed by atoms with Crippen molar-refractivity contribution in [2.75, 3.05) is 13.6 Å². The third-order valence-corrected chi connectivity index (χ3v) is 3.52. The van der Waals surface area contributed by atoms with Crippen molar-refractivity contribution < 1.29 is 14.7 Å². The minimum Gasteiger partial charge on any atom is -0.465 e. The van der Waals surface area contributed by atoms with Gasteiger partial charge in [0.25, 0.3) is 0 Å². The number of carbonyl (C=O) groups excluding carboxylic acids is 1. The number of aldehydes is 1. The molecular weight excluding hydrogens is 220 g/mol. The van der Waals surface area contributed by atoms with Crippen molar-refractivity contribution in [3.8, 4) is 0 Å². The van der Waals surface area contributed by atoms with Crippen LogP contribution in [0, 0.1) is 0 Å². The Morgan fingerprint density at radius 2 is 2.00 bits per heavy atom. The standard InChI is InChI=1S/C12H22N2O3/c1-13-10-6-4-2-3-5-7-11(10)14(8-9-15)12(16)17/h9-11,13H,2-8H2,1H3,(H,16,17). The Balaban J connectivity index is 2.76. The van der Waals surface area contributed by atoms with Crippen LogP contribution in [0.2, 0.25) is 0 Å². The molecule has 2 atom stereocenters. The lowest BCUT2D eigenvalue weighted by atomic mass is 9.91. The number of carboxylic acid groups (broad SMARTS) is 1. The van der Waals surface area contributed by atoms with Gasteiger partial charge in [-0.25, -0.2) is 4.79 Å². The molecule has 17 heavy (non-hydrogen) atoms. The van der Waals surface area contributed by atoms with Crippen molar-refractivity contribution in [3.05, 3.63) is 0 Å². The molecule has 1 aliphatic rings. The van der Waals surface area contributed by atoms with Gasteiger partial charge in [-0.05, 0) is 19.9 Å². The molecule has 0 aliphatic heterocycles. The van der Waals surface area contributed by atoms with Crippen molar-refractivity contribution in [2.24, 2.45) is 0 Å². The van der Waals surface area contributed by atoms with Crippen molar-refractivity contribution in [2.45, 2.75) is 50.6 Å². The number of likely N-dealkylation sites (N-methyl/N-ethyl adjacent to an activating group) is 1. The second-order valence-corrected chi connectivity index (χ2v) is 4.56. The van der Waals surface area contributed by atoms with E-state index in [1.165, 1.54) is 11.3 Å². The second kappa shape index (κ2) is 7.27. The Morgan fingerprint density at radius 3 is 2.53 bits per heavy atom. The molecule has 98 valence electrons. The zero-order valence-corrected chi connectivity index (χ0v) is 10.4. The van der Waals surface area contributed by atoms with Crippen LogP contribution in [0.15, 0.2) is 0 Å². The molecular formula is C12H22N2O3. The number of carbonyl (C=O) groups is 2. The molecule has 0 spiro atoms. The summed E-state index contributed by atoms with van der Waals surface area (Å²) in [5.74, 6) is 0. The predicted molar refractivity (Wildman–Crippen MR) is 65.1 cm³/mol. The van der Waals surface area contributed by atoms with Gasteiger partial charge in [-0.3, -0.25) is 4.90 Å². The highest BCUT2D eigenvalue weighted by Crippen LogP contribution is 2.21. The van der Waals surface area contributed by atoms with Gasteiger partial charge in [-0.1, -0.05) is 25.7 Å². The minimum atomic E-state index is -0.997. The largest absolute Gasteiger partial charge is 0.465 e. The zero-order chi connectivity index (χ0) is 12.7. The molecule has 1 rings (SSSR count). The van der Waals surface area contributed by atoms with E-state index in [4.69, 9.17) is 0 Å². The Hall–Kier alpha value is -1.10. The van der Waals surface area contributed by atoms with Gasteiger partial charge >= 0.3 is 6.09 Å². The van der Waals surface area contributed by atoms with E-state index >= 15 is 0 Å². The van der Waals surface area contributed by atoms with Gasteiger partial charge in [-0.2, -0.15) is 0 Å². The number of nitrogens with one attached hydrogen (secondary N) is 1. The predicted octanol–water partition coefficient (Wildman–Crippen LogP) is 1.48. The first kappa shape index (κ1) is 14.0. The minimum absolute atomic E-state index is 0.0296. The lowest BCUT2D eigenvalue weighted by molar-refractivity contribution is -0.109. The van der Waals surface area contributed by atoms with E-state index < -0.39 is 6.09 Å². The van der Waals surface area contributed by atoms with Crippen LogP contribution < -0.4 is 5.32 Å². The Morgan fingerprint density at radius 1 is 1.35 bits per heavy atom. The highest BCUT2D eigenvalue weighted by molar-refractivity contribution is 5.69. The van der Waals surface area contributed by atoms with Gasteiger partial charge in [0.2, 0.25) is 0 Å². The Kier molecular flexibility index (Phi) is 5.97. The van der Waals surface area contributed by atoms with Crippen LogP contribution in [0.4, 0.5) is 4.79 Å². The van der Waals surface area contributed by atoms with E-state index in [9.17, 15) is 14.7 Å². The molecule has 0 aromatic rings. The van der Waals surface area contributed by atoms with E-state index in [-0.39, 0.29) is 18.6 Å². The number of hydrogen-bond donors (Lipinski definition) is 2. The highest BCUT2D eigenvalue weighted by Gasteiger charge is 2.29. The van der Waals surface area contributed by atoms with Gasteiger partial charge in [0, 0.05) is 6.04 Å². The molecule has 0 radical (unpaired) electrons. The monoisotopic (exact) mass is 242 g/mol. The molecule has 1 saturated carbocycles. The normalized spacial score (nSPS) is 25.7. The Bertz CT molecular complexity index is 258. The lowest BCUT2D eigenvalue weighted by Crippen LogP contribution is -2.52. The first-order chi connectivity index (χ1) is 8.20. The van der Waals surface area contributed by atoms with Gasteiger partial charge in [-0.15, -0.1) is 0 Å². The van der Waals surface area contributed by atoms with Crippen LogP contribution in [0.1, 0.15) is 38.5 Å². The fraction of sp³-hybridized carbons (Fsp3) is 0.833. The van der Waals surface area contributed by atoms with Crippen LogP contribution in [0.3, 0.4) is 0 Å². The molecule has 5 nitrogen and oxygen atoms in total. The summed E-state index contributed by atoms with van der Waals surface area (Å²) in [4.78, 5) is 23.1. The molecule has 2 N–H and O–H groups in total. The van der Waals surface area contributed by atoms with Crippen LogP contribution in [0.5, 0.6) is 0 Å². The van der Waals surface area contributed by atoms with Gasteiger partial charge in [0.1, 0.15) is 6.29 Å². The third kappa shape index (κ3) is 4.00. The molecule has 2 unspecified atom stereocenters. The van der Waals surface area contributed by atoms with Crippen LogP contribution >= 0.6 is 0 Å². The smallest absolute Gasteiger partial charge is 0.407 e. The van der Waals surface area contributed by atoms with E-state index in [0.29, 0.717) is 6.29 Å². The molecule has 1 fully saturated rings. The van der Waals surface area contributed by atoms with Crippen LogP contribution in [0.25, 0.3) is 0 Å². The summed E-state index contributed by atoms with van der Waals surface area (Å²) in [6.45, 7) is -0.0296. The van der Waals surface area contributed by atoms with Gasteiger partial charge in [0.15, 0.2) is 0 Å². The maximum absolute atomic E-state index is 11.2. The van der Waals surface area contributed by atoms with Crippen LogP contribution in [-0.4, -0.2) is 48.1 Å². The quantitative estimate of drug-likeness (QED) is 0.733. The number of rotatable bonds is 4. The summed E-state index contributed by atoms with van der Waals surface area (Å²) < 4.78 is 0. The fourth-order valence-electron chi connectivity index (χ4n) is 2.61. The molecule has 1 amide bonds. The van der Waals surface area contributed by atoms with Crippen molar-refractivity contribution >= 4 is 12.4 Å². The maximum Gasteiger partial charge on any atom is 0.407 e. The summed E-state index contributed by atoms with van der Waals surface area (Å²) in [5, 5.41) is 12.4. The average molecular weight is 242 g/mol. The molecule has 0 aromatic carbocycles. The summed E-state index contributed by atoms with van der Waals surface area (Å²) in [5.41, 5.74) is 0. The number of hydrogen-bond acceptors (Lipinski definition) is 3. The SMILES string of the molecule is CNC1CCCCCCC1N(CC=O)C(=O)O. The summed E-state index contributed by atoms with van der Waals surface area (Å²) in [6.07, 6.45) is 6.01. The van der Waals surface area contributed by atoms with E-state index in [1.54, 1.807) is 0 Å². The first-order valence-electron chi connectivity index (χ1n) is 6.31. The molecule has 1 aliphatic carbocycles. The topological polar surface area (TPSA) is 69.6 Å². The third-order valence-electron chi connectivity index (χ3n) is 3.52. The van der Waals surface area contributed by atoms with Gasteiger partial charge < -0.3 is 15.2 Å². The molecule has 0 bridgehead atoms. The summed E-state index contributed by atoms with van der Waals surface area (Å²) in [7, 11) is 1.86. The molecule has 0 aromatic heterocycles. The van der Waals surface area contributed by atoms with Gasteiger partial charge in [0.05, 0.1) is 12.6 Å². The second-order valence-electron chi connectivity index (χ2n) is 4.56. The first-order valence-corrected chi connectivity index (χ1v) is 6.31. The average Bonchev–Trinajstić information content (AvgIpc) is 2.27. The van der Waals surface area contributed by atoms with Crippen molar-refractivity contribution in [1.29, 1.82) is 0 Å². The van der Waals surface area contributed by atoms with Crippen LogP contribution in [-0.2, 0) is 4.79 Å². The maximum atomic E-state index is 11.2. The number of nitrogens with zero attached hydrogens (tertiary/aromatic N) is 1. The van der Waals surface area contributed by atoms with Crippen molar-refractivity contribution in [1.82, 2.24) is 10.2 Å². The highest BCUT2D eigenvalue weighted by atomic mass is 16.4. The zero-order valence-electron chi connectivity index (χ0n) is 10.4. The Labute approximate surface area is 102 Å². The molecule has 0 saturated heterocycles. The molecule has 5 heteroatoms. The fourth-order valence-corrected chi connectivity index (χ4v) is 2.61. The van der Waals surface area contributed by atoms with Crippen molar-refractivity contribution in [3.63, 3.8) is 0 Å². The van der Waals surface area contributed by atoms with E-state index in [0.717, 1.165) is 32.1 Å². The van der Waals surface area contributed by atoms with E-state index in [2.05, 4.69) is 5.32 Å². The van der Waals surface area contributed by atoms with E-state index in [1.807, 2.05) is 7.05 Å². The lowest BCUT2D eigenvalue weighted by Gasteiger charge is -2.35. The summed E-state index contributed by atoms with van der Waals surface area (Å²) >= 11 is 0.